The molecule has 0 unspecified atom stereocenters. The van der Waals surface area contributed by atoms with Crippen molar-refractivity contribution in [2.45, 2.75) is 25.4 Å². The van der Waals surface area contributed by atoms with Crippen molar-refractivity contribution in [3.63, 3.8) is 0 Å². The molecule has 0 aliphatic heterocycles. The highest BCUT2D eigenvalue weighted by Gasteiger charge is 2.49. The standard InChI is InChI=1S/C8H14O2/c1-2-4-8(10)6-7(8)3-5-9/h2,4,7,9-10H,3,5-6H2,1H3/b4-2+/t7-,8+/m1/s1. The van der Waals surface area contributed by atoms with E-state index in [-0.39, 0.29) is 6.61 Å². The van der Waals surface area contributed by atoms with Gasteiger partial charge in [-0.15, -0.1) is 0 Å². The third-order valence-corrected chi connectivity index (χ3v) is 2.05. The average Bonchev–Trinajstić information content (AvgIpc) is 2.44. The number of aliphatic hydroxyl groups is 2. The molecule has 2 N–H and O–H groups in total. The Labute approximate surface area is 61.2 Å². The van der Waals surface area contributed by atoms with Crippen LogP contribution in [0, 0.1) is 5.92 Å². The predicted octanol–water partition coefficient (Wildman–Crippen LogP) is 0.696. The maximum absolute atomic E-state index is 9.52. The van der Waals surface area contributed by atoms with Gasteiger partial charge in [-0.1, -0.05) is 12.2 Å². The van der Waals surface area contributed by atoms with Crippen LogP contribution in [-0.2, 0) is 0 Å². The number of hydrogen-bond donors (Lipinski definition) is 2. The smallest absolute Gasteiger partial charge is 0.0861 e. The van der Waals surface area contributed by atoms with Crippen molar-refractivity contribution in [3.05, 3.63) is 12.2 Å². The Balaban J connectivity index is 2.33. The summed E-state index contributed by atoms with van der Waals surface area (Å²) in [5.74, 6) is 0.300. The Morgan fingerprint density at radius 3 is 2.90 bits per heavy atom. The van der Waals surface area contributed by atoms with Gasteiger partial charge in [0.15, 0.2) is 0 Å². The molecule has 0 radical (unpaired) electrons. The fraction of sp³-hybridized carbons (Fsp3) is 0.750. The van der Waals surface area contributed by atoms with Crippen LogP contribution in [0.15, 0.2) is 12.2 Å². The van der Waals surface area contributed by atoms with Crippen molar-refractivity contribution in [1.29, 1.82) is 0 Å². The van der Waals surface area contributed by atoms with Crippen molar-refractivity contribution in [1.82, 2.24) is 0 Å². The molecule has 0 heterocycles. The normalized spacial score (nSPS) is 38.9. The molecule has 0 bridgehead atoms. The summed E-state index contributed by atoms with van der Waals surface area (Å²) in [7, 11) is 0. The summed E-state index contributed by atoms with van der Waals surface area (Å²) in [5.41, 5.74) is -0.572. The van der Waals surface area contributed by atoms with Gasteiger partial charge in [-0.25, -0.2) is 0 Å². The molecule has 0 aromatic rings. The topological polar surface area (TPSA) is 40.5 Å². The van der Waals surface area contributed by atoms with Gasteiger partial charge >= 0.3 is 0 Å². The first kappa shape index (κ1) is 7.76. The van der Waals surface area contributed by atoms with Crippen LogP contribution in [0.2, 0.25) is 0 Å². The molecule has 1 aliphatic rings. The second-order valence-corrected chi connectivity index (χ2v) is 2.90. The lowest BCUT2D eigenvalue weighted by Crippen LogP contribution is -2.06. The number of hydrogen-bond acceptors (Lipinski definition) is 2. The molecular weight excluding hydrogens is 128 g/mol. The van der Waals surface area contributed by atoms with Crippen LogP contribution in [0.3, 0.4) is 0 Å². The van der Waals surface area contributed by atoms with Gasteiger partial charge < -0.3 is 10.2 Å². The van der Waals surface area contributed by atoms with E-state index in [2.05, 4.69) is 0 Å². The van der Waals surface area contributed by atoms with E-state index in [1.807, 2.05) is 19.1 Å². The Morgan fingerprint density at radius 1 is 1.70 bits per heavy atom. The molecule has 1 aliphatic carbocycles. The van der Waals surface area contributed by atoms with Crippen LogP contribution in [0.5, 0.6) is 0 Å². The Kier molecular flexibility index (Phi) is 2.11. The molecule has 10 heavy (non-hydrogen) atoms. The van der Waals surface area contributed by atoms with Gasteiger partial charge in [0.2, 0.25) is 0 Å². The van der Waals surface area contributed by atoms with Crippen molar-refractivity contribution < 1.29 is 10.2 Å². The average molecular weight is 142 g/mol. The molecule has 2 atom stereocenters. The summed E-state index contributed by atoms with van der Waals surface area (Å²) in [6.07, 6.45) is 5.21. The maximum Gasteiger partial charge on any atom is 0.0861 e. The summed E-state index contributed by atoms with van der Waals surface area (Å²) >= 11 is 0. The minimum atomic E-state index is -0.572. The van der Waals surface area contributed by atoms with Gasteiger partial charge in [0, 0.05) is 6.61 Å². The Bertz CT molecular complexity index is 142. The third-order valence-electron chi connectivity index (χ3n) is 2.05. The summed E-state index contributed by atoms with van der Waals surface area (Å²) < 4.78 is 0. The van der Waals surface area contributed by atoms with E-state index in [0.717, 1.165) is 12.8 Å². The second-order valence-electron chi connectivity index (χ2n) is 2.90. The molecule has 0 amide bonds. The summed E-state index contributed by atoms with van der Waals surface area (Å²) in [5, 5.41) is 18.1. The van der Waals surface area contributed by atoms with Gasteiger partial charge in [-0.05, 0) is 25.7 Å². The summed E-state index contributed by atoms with van der Waals surface area (Å²) in [4.78, 5) is 0. The van der Waals surface area contributed by atoms with Gasteiger partial charge in [-0.2, -0.15) is 0 Å². The van der Waals surface area contributed by atoms with Crippen LogP contribution in [0.4, 0.5) is 0 Å². The first-order valence-corrected chi connectivity index (χ1v) is 3.70. The zero-order chi connectivity index (χ0) is 7.61. The van der Waals surface area contributed by atoms with E-state index in [9.17, 15) is 5.11 Å². The molecule has 0 aromatic heterocycles. The quantitative estimate of drug-likeness (QED) is 0.569. The zero-order valence-electron chi connectivity index (χ0n) is 6.25. The van der Waals surface area contributed by atoms with Gasteiger partial charge in [0.1, 0.15) is 0 Å². The first-order chi connectivity index (χ1) is 4.73. The van der Waals surface area contributed by atoms with Crippen LogP contribution in [0.1, 0.15) is 19.8 Å². The lowest BCUT2D eigenvalue weighted by Gasteiger charge is -2.00. The monoisotopic (exact) mass is 142 g/mol. The molecular formula is C8H14O2. The lowest BCUT2D eigenvalue weighted by atomic mass is 10.2. The molecule has 1 rings (SSSR count). The molecule has 2 nitrogen and oxygen atoms in total. The van der Waals surface area contributed by atoms with Crippen molar-refractivity contribution >= 4 is 0 Å². The van der Waals surface area contributed by atoms with Crippen LogP contribution >= 0.6 is 0 Å². The fourth-order valence-electron chi connectivity index (χ4n) is 1.34. The van der Waals surface area contributed by atoms with E-state index >= 15 is 0 Å². The number of allylic oxidation sites excluding steroid dienone is 1. The van der Waals surface area contributed by atoms with E-state index in [4.69, 9.17) is 5.11 Å². The second kappa shape index (κ2) is 2.72. The van der Waals surface area contributed by atoms with Crippen LogP contribution < -0.4 is 0 Å². The molecule has 0 spiro atoms. The Hall–Kier alpha value is -0.340. The highest BCUT2D eigenvalue weighted by Crippen LogP contribution is 2.46. The van der Waals surface area contributed by atoms with Gasteiger partial charge in [0.25, 0.3) is 0 Å². The molecule has 1 saturated carbocycles. The van der Waals surface area contributed by atoms with E-state index in [0.29, 0.717) is 5.92 Å². The summed E-state index contributed by atoms with van der Waals surface area (Å²) in [6.45, 7) is 2.08. The predicted molar refractivity (Wildman–Crippen MR) is 39.6 cm³/mol. The number of aliphatic hydroxyl groups excluding tert-OH is 1. The maximum atomic E-state index is 9.52. The number of rotatable bonds is 3. The minimum absolute atomic E-state index is 0.185. The highest BCUT2D eigenvalue weighted by atomic mass is 16.3. The largest absolute Gasteiger partial charge is 0.396 e. The van der Waals surface area contributed by atoms with Crippen molar-refractivity contribution in [2.75, 3.05) is 6.61 Å². The SMILES string of the molecule is C/C=C/[C@]1(O)C[C@H]1CCO. The lowest BCUT2D eigenvalue weighted by molar-refractivity contribution is 0.169. The van der Waals surface area contributed by atoms with Crippen molar-refractivity contribution in [2.24, 2.45) is 5.92 Å². The minimum Gasteiger partial charge on any atom is -0.396 e. The third kappa shape index (κ3) is 1.39. The van der Waals surface area contributed by atoms with E-state index < -0.39 is 5.60 Å². The molecule has 58 valence electrons. The van der Waals surface area contributed by atoms with Crippen LogP contribution in [0.25, 0.3) is 0 Å². The molecule has 2 heteroatoms. The molecule has 0 aromatic carbocycles. The Morgan fingerprint density at radius 2 is 2.40 bits per heavy atom. The summed E-state index contributed by atoms with van der Waals surface area (Å²) in [6, 6.07) is 0. The van der Waals surface area contributed by atoms with Crippen LogP contribution in [-0.4, -0.2) is 22.4 Å². The highest BCUT2D eigenvalue weighted by molar-refractivity contribution is 5.16. The van der Waals surface area contributed by atoms with Gasteiger partial charge in [-0.3, -0.25) is 0 Å². The zero-order valence-corrected chi connectivity index (χ0v) is 6.25. The van der Waals surface area contributed by atoms with Gasteiger partial charge in [0.05, 0.1) is 5.60 Å². The molecule has 0 saturated heterocycles. The van der Waals surface area contributed by atoms with E-state index in [1.165, 1.54) is 0 Å². The molecule has 1 fully saturated rings. The van der Waals surface area contributed by atoms with Crippen molar-refractivity contribution in [3.8, 4) is 0 Å². The first-order valence-electron chi connectivity index (χ1n) is 3.70. The van der Waals surface area contributed by atoms with E-state index in [1.54, 1.807) is 0 Å². The fourth-order valence-corrected chi connectivity index (χ4v) is 1.34.